The first-order chi connectivity index (χ1) is 19.9. The van der Waals surface area contributed by atoms with Gasteiger partial charge in [-0.2, -0.15) is 0 Å². The topological polar surface area (TPSA) is 109 Å². The van der Waals surface area contributed by atoms with E-state index < -0.39 is 23.8 Å². The zero-order valence-electron chi connectivity index (χ0n) is 24.1. The first-order valence-electron chi connectivity index (χ1n) is 15.4. The van der Waals surface area contributed by atoms with E-state index in [9.17, 15) is 19.2 Å². The molecule has 11 heteroatoms. The van der Waals surface area contributed by atoms with Crippen molar-refractivity contribution in [3.8, 4) is 0 Å². The molecule has 41 heavy (non-hydrogen) atoms. The van der Waals surface area contributed by atoms with Crippen LogP contribution in [0.15, 0.2) is 18.2 Å². The highest BCUT2D eigenvalue weighted by molar-refractivity contribution is 6.23. The number of likely N-dealkylation sites (tertiary alicyclic amines) is 1. The van der Waals surface area contributed by atoms with Gasteiger partial charge in [-0.1, -0.05) is 0 Å². The number of hydrogen-bond acceptors (Lipinski definition) is 9. The lowest BCUT2D eigenvalue weighted by Gasteiger charge is -2.40. The third kappa shape index (κ3) is 6.04. The summed E-state index contributed by atoms with van der Waals surface area (Å²) in [5.41, 5.74) is 1.61. The Labute approximate surface area is 242 Å². The predicted molar refractivity (Wildman–Crippen MR) is 155 cm³/mol. The largest absolute Gasteiger partial charge is 0.369 e. The van der Waals surface area contributed by atoms with E-state index in [4.69, 9.17) is 0 Å². The fourth-order valence-corrected chi connectivity index (χ4v) is 7.09. The minimum Gasteiger partial charge on any atom is -0.369 e. The van der Waals surface area contributed by atoms with Crippen molar-refractivity contribution < 1.29 is 19.2 Å². The van der Waals surface area contributed by atoms with Gasteiger partial charge in [0.15, 0.2) is 0 Å². The molecule has 4 amide bonds. The summed E-state index contributed by atoms with van der Waals surface area (Å²) in [6, 6.07) is 5.11. The Balaban J connectivity index is 0.967. The van der Waals surface area contributed by atoms with Crippen LogP contribution in [0.1, 0.15) is 53.3 Å². The van der Waals surface area contributed by atoms with Crippen LogP contribution >= 0.6 is 0 Å². The molecule has 1 aromatic carbocycles. The first kappa shape index (κ1) is 28.3. The predicted octanol–water partition coefficient (Wildman–Crippen LogP) is 0.216. The van der Waals surface area contributed by atoms with Crippen molar-refractivity contribution in [1.82, 2.24) is 30.2 Å². The van der Waals surface area contributed by atoms with Crippen LogP contribution in [0.2, 0.25) is 0 Å². The lowest BCUT2D eigenvalue weighted by atomic mass is 9.96. The molecular formula is C30H43N7O4. The molecule has 5 aliphatic rings. The Morgan fingerprint density at radius 1 is 0.829 bits per heavy atom. The van der Waals surface area contributed by atoms with Gasteiger partial charge in [0.05, 0.1) is 11.1 Å². The summed E-state index contributed by atoms with van der Waals surface area (Å²) in [7, 11) is 0. The molecule has 1 aromatic rings. The SMILES string of the molecule is C[C@H]1CNCCN1CCN1CCC(CN2CCN(c3ccc4c(c3)C(=O)N(C3CCC(=O)NC3=O)C4=O)CC2)CC1. The van der Waals surface area contributed by atoms with Crippen LogP contribution in [0.3, 0.4) is 0 Å². The summed E-state index contributed by atoms with van der Waals surface area (Å²) in [4.78, 5) is 61.2. The van der Waals surface area contributed by atoms with Gasteiger partial charge in [-0.3, -0.25) is 39.2 Å². The van der Waals surface area contributed by atoms with E-state index in [0.717, 1.165) is 68.9 Å². The smallest absolute Gasteiger partial charge is 0.262 e. The molecule has 2 N–H and O–H groups in total. The molecule has 5 aliphatic heterocycles. The van der Waals surface area contributed by atoms with Gasteiger partial charge in [-0.15, -0.1) is 0 Å². The Kier molecular flexibility index (Phi) is 8.39. The number of benzene rings is 1. The fraction of sp³-hybridized carbons (Fsp3) is 0.667. The number of amides is 4. The van der Waals surface area contributed by atoms with E-state index in [0.29, 0.717) is 17.2 Å². The van der Waals surface area contributed by atoms with Crippen molar-refractivity contribution in [3.63, 3.8) is 0 Å². The quantitative estimate of drug-likeness (QED) is 0.449. The van der Waals surface area contributed by atoms with E-state index in [1.165, 1.54) is 39.0 Å². The number of anilines is 1. The van der Waals surface area contributed by atoms with Gasteiger partial charge < -0.3 is 15.1 Å². The Morgan fingerprint density at radius 2 is 1.59 bits per heavy atom. The normalized spacial score (nSPS) is 27.4. The van der Waals surface area contributed by atoms with Crippen molar-refractivity contribution in [1.29, 1.82) is 0 Å². The molecular weight excluding hydrogens is 522 g/mol. The zero-order chi connectivity index (χ0) is 28.5. The van der Waals surface area contributed by atoms with Gasteiger partial charge in [0.1, 0.15) is 6.04 Å². The van der Waals surface area contributed by atoms with E-state index in [1.807, 2.05) is 6.07 Å². The number of nitrogens with zero attached hydrogens (tertiary/aromatic N) is 5. The van der Waals surface area contributed by atoms with Gasteiger partial charge >= 0.3 is 0 Å². The number of carbonyl (C=O) groups excluding carboxylic acids is 4. The summed E-state index contributed by atoms with van der Waals surface area (Å²) in [5, 5.41) is 5.73. The molecule has 0 aromatic heterocycles. The zero-order valence-corrected chi connectivity index (χ0v) is 24.1. The number of piperazine rings is 2. The van der Waals surface area contributed by atoms with Crippen molar-refractivity contribution in [2.75, 3.05) is 83.4 Å². The van der Waals surface area contributed by atoms with E-state index >= 15 is 0 Å². The molecule has 6 rings (SSSR count). The number of carbonyl (C=O) groups is 4. The average molecular weight is 566 g/mol. The number of fused-ring (bicyclic) bond motifs is 1. The van der Waals surface area contributed by atoms with E-state index in [2.05, 4.69) is 37.2 Å². The Morgan fingerprint density at radius 3 is 2.32 bits per heavy atom. The van der Waals surface area contributed by atoms with Crippen LogP contribution in [-0.2, 0) is 9.59 Å². The molecule has 0 aliphatic carbocycles. The molecule has 4 saturated heterocycles. The lowest BCUT2D eigenvalue weighted by Crippen LogP contribution is -2.54. The van der Waals surface area contributed by atoms with E-state index in [1.54, 1.807) is 12.1 Å². The summed E-state index contributed by atoms with van der Waals surface area (Å²) in [6.07, 6.45) is 2.82. The number of imide groups is 2. The number of nitrogens with one attached hydrogen (secondary N) is 2. The van der Waals surface area contributed by atoms with Gasteiger partial charge in [0.25, 0.3) is 11.8 Å². The lowest BCUT2D eigenvalue weighted by molar-refractivity contribution is -0.136. The van der Waals surface area contributed by atoms with Crippen LogP contribution < -0.4 is 15.5 Å². The molecule has 0 bridgehead atoms. The Hall–Kier alpha value is -2.86. The van der Waals surface area contributed by atoms with Crippen LogP contribution in [0.25, 0.3) is 0 Å². The number of piperidine rings is 2. The minimum absolute atomic E-state index is 0.120. The van der Waals surface area contributed by atoms with E-state index in [-0.39, 0.29) is 18.7 Å². The molecule has 0 radical (unpaired) electrons. The van der Waals surface area contributed by atoms with Crippen molar-refractivity contribution in [2.45, 2.75) is 44.7 Å². The molecule has 11 nitrogen and oxygen atoms in total. The highest BCUT2D eigenvalue weighted by Gasteiger charge is 2.44. The maximum absolute atomic E-state index is 13.2. The third-order valence-electron chi connectivity index (χ3n) is 9.73. The monoisotopic (exact) mass is 565 g/mol. The number of rotatable bonds is 7. The fourth-order valence-electron chi connectivity index (χ4n) is 7.09. The second-order valence-electron chi connectivity index (χ2n) is 12.3. The maximum atomic E-state index is 13.2. The van der Waals surface area contributed by atoms with Gasteiger partial charge in [0, 0.05) is 83.6 Å². The summed E-state index contributed by atoms with van der Waals surface area (Å²) >= 11 is 0. The molecule has 2 atom stereocenters. The van der Waals surface area contributed by atoms with Crippen molar-refractivity contribution in [2.24, 2.45) is 5.92 Å². The van der Waals surface area contributed by atoms with Crippen LogP contribution in [0, 0.1) is 5.92 Å². The second kappa shape index (κ2) is 12.2. The maximum Gasteiger partial charge on any atom is 0.262 e. The summed E-state index contributed by atoms with van der Waals surface area (Å²) < 4.78 is 0. The molecule has 4 fully saturated rings. The molecule has 1 unspecified atom stereocenters. The van der Waals surface area contributed by atoms with Crippen molar-refractivity contribution >= 4 is 29.3 Å². The van der Waals surface area contributed by atoms with Gasteiger partial charge in [0.2, 0.25) is 11.8 Å². The van der Waals surface area contributed by atoms with Crippen molar-refractivity contribution in [3.05, 3.63) is 29.3 Å². The highest BCUT2D eigenvalue weighted by atomic mass is 16.2. The standard InChI is InChI=1S/C30H43N7O4/c1-21-19-31-8-11-35(21)15-12-33-9-6-22(7-10-33)20-34-13-16-36(17-14-34)23-2-3-24-25(18-23)30(41)37(29(24)40)26-4-5-27(38)32-28(26)39/h2-3,18,21-22,26,31H,4-17,19-20H2,1H3,(H,32,38,39)/t21-,26?/m0/s1. The van der Waals surface area contributed by atoms with Gasteiger partial charge in [-0.05, 0) is 63.4 Å². The van der Waals surface area contributed by atoms with Crippen LogP contribution in [-0.4, -0.2) is 134 Å². The molecule has 0 saturated carbocycles. The van der Waals surface area contributed by atoms with Crippen LogP contribution in [0.4, 0.5) is 5.69 Å². The van der Waals surface area contributed by atoms with Crippen LogP contribution in [0.5, 0.6) is 0 Å². The highest BCUT2D eigenvalue weighted by Crippen LogP contribution is 2.31. The molecule has 0 spiro atoms. The third-order valence-corrected chi connectivity index (χ3v) is 9.73. The average Bonchev–Trinajstić information content (AvgIpc) is 3.22. The second-order valence-corrected chi connectivity index (χ2v) is 12.3. The summed E-state index contributed by atoms with van der Waals surface area (Å²) in [6.45, 7) is 15.3. The summed E-state index contributed by atoms with van der Waals surface area (Å²) in [5.74, 6) is -1.11. The van der Waals surface area contributed by atoms with Gasteiger partial charge in [-0.25, -0.2) is 0 Å². The molecule has 222 valence electrons. The Bertz CT molecular complexity index is 1180. The molecule has 5 heterocycles. The first-order valence-corrected chi connectivity index (χ1v) is 15.4. The minimum atomic E-state index is -0.935. The number of hydrogen-bond donors (Lipinski definition) is 2.